The molecule has 0 radical (unpaired) electrons. The first-order valence-corrected chi connectivity index (χ1v) is 7.60. The van der Waals surface area contributed by atoms with Crippen molar-refractivity contribution in [3.05, 3.63) is 75.2 Å². The second kappa shape index (κ2) is 5.51. The van der Waals surface area contributed by atoms with Gasteiger partial charge in [0.1, 0.15) is 0 Å². The summed E-state index contributed by atoms with van der Waals surface area (Å²) in [5.74, 6) is -0.215. The number of halogens is 1. The molecule has 0 aromatic heterocycles. The van der Waals surface area contributed by atoms with Crippen LogP contribution in [0.5, 0.6) is 0 Å². The minimum atomic E-state index is -0.118. The van der Waals surface area contributed by atoms with Crippen LogP contribution in [0.4, 0.5) is 0 Å². The van der Waals surface area contributed by atoms with Crippen molar-refractivity contribution in [3.63, 3.8) is 0 Å². The van der Waals surface area contributed by atoms with Crippen LogP contribution in [-0.4, -0.2) is 11.6 Å². The fraction of sp³-hybridized carbons (Fsp3) is 0.0588. The Labute approximate surface area is 131 Å². The van der Waals surface area contributed by atoms with E-state index in [2.05, 4.69) is 0 Å². The minimum Gasteiger partial charge on any atom is -0.289 e. The van der Waals surface area contributed by atoms with Gasteiger partial charge < -0.3 is 0 Å². The molecular weight excluding hydrogens is 304 g/mol. The van der Waals surface area contributed by atoms with Crippen molar-refractivity contribution in [1.29, 1.82) is 0 Å². The molecule has 1 aliphatic rings. The molecule has 2 aromatic rings. The summed E-state index contributed by atoms with van der Waals surface area (Å²) in [4.78, 5) is 26.2. The summed E-state index contributed by atoms with van der Waals surface area (Å²) in [6.07, 6.45) is 0. The summed E-state index contributed by atoms with van der Waals surface area (Å²) in [6, 6.07) is 14.2. The van der Waals surface area contributed by atoms with Gasteiger partial charge in [0.2, 0.25) is 5.78 Å². The summed E-state index contributed by atoms with van der Waals surface area (Å²) >= 11 is 7.39. The number of hydrogen-bond donors (Lipinski definition) is 0. The van der Waals surface area contributed by atoms with Crippen LogP contribution < -0.4 is 0 Å². The largest absolute Gasteiger partial charge is 0.289 e. The first-order valence-electron chi connectivity index (χ1n) is 6.41. The van der Waals surface area contributed by atoms with E-state index < -0.39 is 0 Å². The minimum absolute atomic E-state index is 0.0975. The Morgan fingerprint density at radius 3 is 2.10 bits per heavy atom. The molecule has 0 heterocycles. The fourth-order valence-corrected chi connectivity index (χ4v) is 3.47. The van der Waals surface area contributed by atoms with Crippen LogP contribution in [0, 0.1) is 0 Å². The van der Waals surface area contributed by atoms with Gasteiger partial charge in [-0.05, 0) is 19.1 Å². The van der Waals surface area contributed by atoms with Crippen molar-refractivity contribution >= 4 is 34.9 Å². The number of carbonyl (C=O) groups excluding carboxylic acids is 2. The first kappa shape index (κ1) is 14.1. The second-order valence-electron chi connectivity index (χ2n) is 4.69. The first-order chi connectivity index (χ1) is 10.1. The average molecular weight is 315 g/mol. The molecule has 3 rings (SSSR count). The number of carbonyl (C=O) groups is 2. The summed E-state index contributed by atoms with van der Waals surface area (Å²) in [6.45, 7) is 1.69. The van der Waals surface area contributed by atoms with E-state index in [1.165, 1.54) is 11.8 Å². The van der Waals surface area contributed by atoms with Crippen LogP contribution in [0.1, 0.15) is 27.6 Å². The summed E-state index contributed by atoms with van der Waals surface area (Å²) in [7, 11) is 0. The van der Waals surface area contributed by atoms with Gasteiger partial charge in [-0.2, -0.15) is 0 Å². The highest BCUT2D eigenvalue weighted by atomic mass is 35.5. The molecule has 0 unspecified atom stereocenters. The molecule has 0 bridgehead atoms. The lowest BCUT2D eigenvalue weighted by Crippen LogP contribution is -2.19. The van der Waals surface area contributed by atoms with Crippen molar-refractivity contribution < 1.29 is 9.59 Å². The van der Waals surface area contributed by atoms with Crippen LogP contribution in [0.15, 0.2) is 63.9 Å². The molecule has 0 saturated carbocycles. The monoisotopic (exact) mass is 314 g/mol. The number of ketones is 2. The third kappa shape index (κ3) is 2.43. The van der Waals surface area contributed by atoms with E-state index in [4.69, 9.17) is 11.6 Å². The molecule has 0 atom stereocenters. The van der Waals surface area contributed by atoms with Gasteiger partial charge in [-0.3, -0.25) is 9.59 Å². The highest BCUT2D eigenvalue weighted by Gasteiger charge is 2.30. The molecule has 0 N–H and O–H groups in total. The van der Waals surface area contributed by atoms with Crippen LogP contribution in [-0.2, 0) is 0 Å². The molecule has 0 aliphatic heterocycles. The predicted octanol–water partition coefficient (Wildman–Crippen LogP) is 4.79. The predicted molar refractivity (Wildman–Crippen MR) is 85.1 cm³/mol. The maximum atomic E-state index is 12.6. The fourth-order valence-electron chi connectivity index (χ4n) is 2.24. The van der Waals surface area contributed by atoms with Crippen LogP contribution in [0.25, 0.3) is 0 Å². The van der Waals surface area contributed by atoms with E-state index in [1.54, 1.807) is 37.3 Å². The molecule has 0 spiro atoms. The van der Waals surface area contributed by atoms with Gasteiger partial charge in [0.15, 0.2) is 5.78 Å². The van der Waals surface area contributed by atoms with E-state index in [1.807, 2.05) is 18.2 Å². The van der Waals surface area contributed by atoms with Gasteiger partial charge in [-0.15, -0.1) is 0 Å². The van der Waals surface area contributed by atoms with E-state index in [9.17, 15) is 9.59 Å². The van der Waals surface area contributed by atoms with Gasteiger partial charge in [0, 0.05) is 21.6 Å². The van der Waals surface area contributed by atoms with Gasteiger partial charge in [-0.1, -0.05) is 59.8 Å². The Kier molecular flexibility index (Phi) is 3.70. The lowest BCUT2D eigenvalue weighted by molar-refractivity contribution is 0.0981. The summed E-state index contributed by atoms with van der Waals surface area (Å²) in [5.41, 5.74) is 1.41. The SMILES string of the molecule is CC1=C(Sc2ccccc2Cl)C(=O)c2ccccc2C1=O. The number of Topliss-reactive ketones (excluding diaryl/α,β-unsaturated/α-hetero) is 2. The van der Waals surface area contributed by atoms with Gasteiger partial charge in [0.05, 0.1) is 9.93 Å². The Morgan fingerprint density at radius 2 is 1.43 bits per heavy atom. The highest BCUT2D eigenvalue weighted by molar-refractivity contribution is 8.04. The molecule has 4 heteroatoms. The standard InChI is InChI=1S/C17H11ClO2S/c1-10-15(19)11-6-2-3-7-12(11)16(20)17(10)21-14-9-5-4-8-13(14)18/h2-9H,1H3. The van der Waals surface area contributed by atoms with Crippen molar-refractivity contribution in [2.24, 2.45) is 0 Å². The average Bonchev–Trinajstić information content (AvgIpc) is 2.51. The van der Waals surface area contributed by atoms with Crippen LogP contribution in [0.3, 0.4) is 0 Å². The molecule has 104 valence electrons. The zero-order chi connectivity index (χ0) is 15.0. The van der Waals surface area contributed by atoms with Crippen molar-refractivity contribution in [2.45, 2.75) is 11.8 Å². The maximum Gasteiger partial charge on any atom is 0.200 e. The maximum absolute atomic E-state index is 12.6. The summed E-state index contributed by atoms with van der Waals surface area (Å²) in [5, 5.41) is 0.571. The Balaban J connectivity index is 2.07. The van der Waals surface area contributed by atoms with E-state index in [0.717, 1.165) is 4.90 Å². The molecule has 21 heavy (non-hydrogen) atoms. The number of fused-ring (bicyclic) bond motifs is 1. The zero-order valence-electron chi connectivity index (χ0n) is 11.2. The van der Waals surface area contributed by atoms with Crippen LogP contribution >= 0.6 is 23.4 Å². The molecule has 0 saturated heterocycles. The molecule has 0 amide bonds. The third-order valence-electron chi connectivity index (χ3n) is 3.35. The van der Waals surface area contributed by atoms with E-state index in [0.29, 0.717) is 26.6 Å². The molecule has 2 aromatic carbocycles. The smallest absolute Gasteiger partial charge is 0.200 e. The van der Waals surface area contributed by atoms with E-state index >= 15 is 0 Å². The number of rotatable bonds is 2. The molecule has 2 nitrogen and oxygen atoms in total. The lowest BCUT2D eigenvalue weighted by atomic mass is 9.90. The van der Waals surface area contributed by atoms with E-state index in [-0.39, 0.29) is 11.6 Å². The highest BCUT2D eigenvalue weighted by Crippen LogP contribution is 2.39. The molecular formula is C17H11ClO2S. The number of allylic oxidation sites excluding steroid dienone is 2. The van der Waals surface area contributed by atoms with Crippen molar-refractivity contribution in [1.82, 2.24) is 0 Å². The number of thioether (sulfide) groups is 1. The zero-order valence-corrected chi connectivity index (χ0v) is 12.8. The summed E-state index contributed by atoms with van der Waals surface area (Å²) < 4.78 is 0. The Hall–Kier alpha value is -1.84. The number of benzene rings is 2. The van der Waals surface area contributed by atoms with Gasteiger partial charge in [-0.25, -0.2) is 0 Å². The molecule has 0 fully saturated rings. The molecule has 1 aliphatic carbocycles. The topological polar surface area (TPSA) is 34.1 Å². The lowest BCUT2D eigenvalue weighted by Gasteiger charge is -2.18. The third-order valence-corrected chi connectivity index (χ3v) is 5.07. The normalized spacial score (nSPS) is 14.4. The second-order valence-corrected chi connectivity index (χ2v) is 6.15. The van der Waals surface area contributed by atoms with Crippen molar-refractivity contribution in [3.8, 4) is 0 Å². The van der Waals surface area contributed by atoms with Gasteiger partial charge in [0.25, 0.3) is 0 Å². The Bertz CT molecular complexity index is 793. The Morgan fingerprint density at radius 1 is 0.857 bits per heavy atom. The number of hydrogen-bond acceptors (Lipinski definition) is 3. The van der Waals surface area contributed by atoms with Crippen LogP contribution in [0.2, 0.25) is 5.02 Å². The van der Waals surface area contributed by atoms with Gasteiger partial charge >= 0.3 is 0 Å². The van der Waals surface area contributed by atoms with Crippen molar-refractivity contribution in [2.75, 3.05) is 0 Å². The quantitative estimate of drug-likeness (QED) is 0.799.